The summed E-state index contributed by atoms with van der Waals surface area (Å²) in [6.07, 6.45) is 1.72. The van der Waals surface area contributed by atoms with Crippen molar-refractivity contribution >= 4 is 33.2 Å². The molecule has 0 spiro atoms. The van der Waals surface area contributed by atoms with E-state index in [-0.39, 0.29) is 18.0 Å². The van der Waals surface area contributed by atoms with Crippen LogP contribution in [0.25, 0.3) is 16.2 Å². The van der Waals surface area contributed by atoms with Crippen LogP contribution in [-0.2, 0) is 11.3 Å². The van der Waals surface area contributed by atoms with Crippen LogP contribution in [0, 0.1) is 6.92 Å². The fourth-order valence-corrected chi connectivity index (χ4v) is 4.25. The van der Waals surface area contributed by atoms with Crippen molar-refractivity contribution in [2.75, 3.05) is 23.8 Å². The molecule has 9 heteroatoms. The van der Waals surface area contributed by atoms with Crippen LogP contribution >= 0.6 is 11.3 Å². The molecule has 0 radical (unpaired) electrons. The van der Waals surface area contributed by atoms with Crippen molar-refractivity contribution in [1.29, 1.82) is 0 Å². The molecule has 3 aromatic heterocycles. The van der Waals surface area contributed by atoms with Crippen LogP contribution in [0.2, 0.25) is 0 Å². The van der Waals surface area contributed by atoms with Crippen molar-refractivity contribution in [3.05, 3.63) is 59.9 Å². The fourth-order valence-electron chi connectivity index (χ4n) is 3.38. The molecule has 2 N–H and O–H groups in total. The summed E-state index contributed by atoms with van der Waals surface area (Å²) in [7, 11) is 1.86. The number of hydrogen-bond donors (Lipinski definition) is 2. The average molecular weight is 464 g/mol. The van der Waals surface area contributed by atoms with E-state index in [0.717, 1.165) is 32.9 Å². The number of anilines is 2. The van der Waals surface area contributed by atoms with Gasteiger partial charge in [-0.05, 0) is 45.9 Å². The lowest BCUT2D eigenvalue weighted by atomic mass is 10.1. The maximum Gasteiger partial charge on any atom is 0.239 e. The number of rotatable bonds is 7. The highest BCUT2D eigenvalue weighted by Gasteiger charge is 2.23. The van der Waals surface area contributed by atoms with Gasteiger partial charge < -0.3 is 15.5 Å². The molecule has 1 aromatic carbocycles. The topological polar surface area (TPSA) is 87.5 Å². The highest BCUT2D eigenvalue weighted by Crippen LogP contribution is 2.34. The molecule has 0 aliphatic rings. The monoisotopic (exact) mass is 463 g/mol. The molecule has 0 aliphatic carbocycles. The summed E-state index contributed by atoms with van der Waals surface area (Å²) < 4.78 is 1.84. The Balaban J connectivity index is 1.56. The van der Waals surface area contributed by atoms with Crippen LogP contribution in [0.3, 0.4) is 0 Å². The van der Waals surface area contributed by atoms with Crippen molar-refractivity contribution in [3.8, 4) is 11.3 Å². The Bertz CT molecular complexity index is 1260. The minimum Gasteiger partial charge on any atom is -0.364 e. The molecular formula is C24H29N7OS. The summed E-state index contributed by atoms with van der Waals surface area (Å²) in [6.45, 7) is 8.99. The number of nitrogens with one attached hydrogen (secondary N) is 2. The number of carbonyl (C=O) groups excluding carboxylic acids is 1. The third-order valence-electron chi connectivity index (χ3n) is 4.88. The third-order valence-corrected chi connectivity index (χ3v) is 5.90. The molecule has 3 heterocycles. The van der Waals surface area contributed by atoms with Crippen molar-refractivity contribution in [2.45, 2.75) is 39.8 Å². The van der Waals surface area contributed by atoms with E-state index in [9.17, 15) is 4.79 Å². The molecule has 4 aromatic rings. The van der Waals surface area contributed by atoms with Crippen LogP contribution in [0.15, 0.2) is 48.7 Å². The summed E-state index contributed by atoms with van der Waals surface area (Å²) in [6, 6.07) is 13.9. The van der Waals surface area contributed by atoms with Gasteiger partial charge in [0, 0.05) is 24.3 Å². The minimum absolute atomic E-state index is 0.0931. The number of hydrogen-bond acceptors (Lipinski definition) is 7. The second-order valence-corrected chi connectivity index (χ2v) is 10.0. The molecule has 8 nitrogen and oxygen atoms in total. The van der Waals surface area contributed by atoms with Crippen LogP contribution in [0.1, 0.15) is 32.0 Å². The minimum atomic E-state index is -0.171. The predicted molar refractivity (Wildman–Crippen MR) is 134 cm³/mol. The van der Waals surface area contributed by atoms with Gasteiger partial charge in [-0.1, -0.05) is 41.2 Å². The number of carbonyl (C=O) groups is 1. The fraction of sp³-hybridized carbons (Fsp3) is 0.333. The molecule has 0 bridgehead atoms. The molecule has 33 heavy (non-hydrogen) atoms. The first kappa shape index (κ1) is 22.7. The van der Waals surface area contributed by atoms with Gasteiger partial charge in [0.15, 0.2) is 5.82 Å². The molecule has 0 aliphatic heterocycles. The van der Waals surface area contributed by atoms with E-state index in [1.807, 2.05) is 40.7 Å². The van der Waals surface area contributed by atoms with Gasteiger partial charge in [-0.15, -0.1) is 5.10 Å². The summed E-state index contributed by atoms with van der Waals surface area (Å²) in [5, 5.41) is 12.0. The molecule has 172 valence electrons. The van der Waals surface area contributed by atoms with E-state index < -0.39 is 0 Å². The summed E-state index contributed by atoms with van der Waals surface area (Å²) >= 11 is 1.46. The van der Waals surface area contributed by atoms with Crippen molar-refractivity contribution < 1.29 is 4.79 Å². The Morgan fingerprint density at radius 2 is 2.00 bits per heavy atom. The van der Waals surface area contributed by atoms with Gasteiger partial charge in [-0.3, -0.25) is 9.78 Å². The van der Waals surface area contributed by atoms with Gasteiger partial charge in [0.1, 0.15) is 5.69 Å². The average Bonchev–Trinajstić information content (AvgIpc) is 3.31. The molecule has 4 rings (SSSR count). The van der Waals surface area contributed by atoms with E-state index in [1.165, 1.54) is 16.9 Å². The third kappa shape index (κ3) is 5.48. The summed E-state index contributed by atoms with van der Waals surface area (Å²) in [4.78, 5) is 24.2. The molecule has 1 amide bonds. The number of imidazole rings is 1. The van der Waals surface area contributed by atoms with Gasteiger partial charge in [-0.25, -0.2) is 4.98 Å². The number of benzene rings is 1. The van der Waals surface area contributed by atoms with E-state index in [4.69, 9.17) is 10.1 Å². The second kappa shape index (κ2) is 9.19. The second-order valence-electron chi connectivity index (χ2n) is 9.09. The largest absolute Gasteiger partial charge is 0.364 e. The number of aryl methyl sites for hydroxylation is 1. The zero-order valence-corrected chi connectivity index (χ0v) is 20.4. The first-order chi connectivity index (χ1) is 15.7. The predicted octanol–water partition coefficient (Wildman–Crippen LogP) is 4.12. The zero-order valence-electron chi connectivity index (χ0n) is 19.6. The standard InChI is InChI=1S/C24H29N7OS/c1-16-9-8-10-17(13-16)20-21(28-24(2,3)4)31-22(27-20)33-23(29-31)30(5)15-19(32)26-14-18-11-6-7-12-25-18/h6-13,28H,14-15H2,1-5H3,(H,26,32). The maximum atomic E-state index is 12.4. The normalized spacial score (nSPS) is 11.5. The molecule has 0 fully saturated rings. The highest BCUT2D eigenvalue weighted by atomic mass is 32.1. The Kier molecular flexibility index (Phi) is 6.33. The van der Waals surface area contributed by atoms with Gasteiger partial charge >= 0.3 is 0 Å². The van der Waals surface area contributed by atoms with Gasteiger partial charge in [0.2, 0.25) is 16.0 Å². The Hall–Kier alpha value is -3.46. The van der Waals surface area contributed by atoms with Crippen LogP contribution in [-0.4, -0.2) is 44.6 Å². The smallest absolute Gasteiger partial charge is 0.239 e. The number of amides is 1. The number of fused-ring (bicyclic) bond motifs is 1. The van der Waals surface area contributed by atoms with Crippen molar-refractivity contribution in [1.82, 2.24) is 24.9 Å². The number of pyridine rings is 1. The SMILES string of the molecule is Cc1cccc(-c2nc3sc(N(C)CC(=O)NCc4ccccn4)nn3c2NC(C)(C)C)c1. The van der Waals surface area contributed by atoms with E-state index >= 15 is 0 Å². The van der Waals surface area contributed by atoms with Crippen LogP contribution < -0.4 is 15.5 Å². The number of nitrogens with zero attached hydrogens (tertiary/aromatic N) is 5. The van der Waals surface area contributed by atoms with Gasteiger partial charge in [-0.2, -0.15) is 4.52 Å². The van der Waals surface area contributed by atoms with Crippen molar-refractivity contribution in [2.24, 2.45) is 0 Å². The van der Waals surface area contributed by atoms with E-state index in [0.29, 0.717) is 6.54 Å². The van der Waals surface area contributed by atoms with Crippen LogP contribution in [0.4, 0.5) is 10.9 Å². The maximum absolute atomic E-state index is 12.4. The van der Waals surface area contributed by atoms with E-state index in [2.05, 4.69) is 61.5 Å². The lowest BCUT2D eigenvalue weighted by molar-refractivity contribution is -0.119. The summed E-state index contributed by atoms with van der Waals surface area (Å²) in [5.74, 6) is 0.753. The quantitative estimate of drug-likeness (QED) is 0.429. The lowest BCUT2D eigenvalue weighted by Gasteiger charge is -2.22. The molecule has 0 atom stereocenters. The van der Waals surface area contributed by atoms with Crippen molar-refractivity contribution in [3.63, 3.8) is 0 Å². The van der Waals surface area contributed by atoms with Crippen LogP contribution in [0.5, 0.6) is 0 Å². The van der Waals surface area contributed by atoms with E-state index in [1.54, 1.807) is 6.20 Å². The van der Waals surface area contributed by atoms with Gasteiger partial charge in [0.05, 0.1) is 18.8 Å². The zero-order chi connectivity index (χ0) is 23.6. The molecular weight excluding hydrogens is 434 g/mol. The first-order valence-corrected chi connectivity index (χ1v) is 11.6. The molecule has 0 saturated heterocycles. The Morgan fingerprint density at radius 3 is 2.70 bits per heavy atom. The lowest BCUT2D eigenvalue weighted by Crippen LogP contribution is -2.35. The number of aromatic nitrogens is 4. The Labute approximate surface area is 197 Å². The Morgan fingerprint density at radius 1 is 1.18 bits per heavy atom. The number of likely N-dealkylation sites (N-methyl/N-ethyl adjacent to an activating group) is 1. The highest BCUT2D eigenvalue weighted by molar-refractivity contribution is 7.20. The summed E-state index contributed by atoms with van der Waals surface area (Å²) in [5.41, 5.74) is 3.74. The molecule has 0 saturated carbocycles. The van der Waals surface area contributed by atoms with Gasteiger partial charge in [0.25, 0.3) is 0 Å². The first-order valence-electron chi connectivity index (χ1n) is 10.8. The molecule has 0 unspecified atom stereocenters.